The molecule has 0 bridgehead atoms. The average molecular weight is 481 g/mol. The standard InChI is InChI=1S/C26H28N2O5S/c1-19-15-21-11-7-8-12-23(21)28(19)26(29)18-27(17-20-9-5-4-6-10-20)34(30,31)22-13-14-24(32-2)25(16-22)33-3/h4-14,16,19H,15,17-18H2,1-3H3/t19-/m1/s1. The first-order chi connectivity index (χ1) is 16.3. The van der Waals surface area contributed by atoms with E-state index in [0.717, 1.165) is 23.2 Å². The molecule has 178 valence electrons. The predicted molar refractivity (Wildman–Crippen MR) is 131 cm³/mol. The van der Waals surface area contributed by atoms with Gasteiger partial charge in [0.15, 0.2) is 11.5 Å². The lowest BCUT2D eigenvalue weighted by Crippen LogP contribution is -2.44. The largest absolute Gasteiger partial charge is 0.493 e. The van der Waals surface area contributed by atoms with Crippen molar-refractivity contribution in [2.24, 2.45) is 0 Å². The van der Waals surface area contributed by atoms with Crippen molar-refractivity contribution in [2.45, 2.75) is 30.8 Å². The molecule has 4 rings (SSSR count). The monoisotopic (exact) mass is 480 g/mol. The number of methoxy groups -OCH3 is 2. The van der Waals surface area contributed by atoms with Crippen molar-refractivity contribution in [1.29, 1.82) is 0 Å². The molecule has 1 atom stereocenters. The molecule has 0 spiro atoms. The first kappa shape index (κ1) is 23.8. The van der Waals surface area contributed by atoms with E-state index in [9.17, 15) is 13.2 Å². The number of nitrogens with zero attached hydrogens (tertiary/aromatic N) is 2. The van der Waals surface area contributed by atoms with Gasteiger partial charge in [-0.05, 0) is 42.7 Å². The Morgan fingerprint density at radius 1 is 0.971 bits per heavy atom. The van der Waals surface area contributed by atoms with Gasteiger partial charge in [0, 0.05) is 24.3 Å². The molecule has 1 aliphatic heterocycles. The van der Waals surface area contributed by atoms with E-state index in [2.05, 4.69) is 0 Å². The number of carbonyl (C=O) groups is 1. The van der Waals surface area contributed by atoms with Crippen molar-refractivity contribution < 1.29 is 22.7 Å². The van der Waals surface area contributed by atoms with Gasteiger partial charge in [0.2, 0.25) is 15.9 Å². The summed E-state index contributed by atoms with van der Waals surface area (Å²) in [7, 11) is -1.09. The molecule has 34 heavy (non-hydrogen) atoms. The van der Waals surface area contributed by atoms with Crippen LogP contribution in [0, 0.1) is 0 Å². The summed E-state index contributed by atoms with van der Waals surface area (Å²) in [4.78, 5) is 15.2. The van der Waals surface area contributed by atoms with Crippen molar-refractivity contribution in [1.82, 2.24) is 4.31 Å². The summed E-state index contributed by atoms with van der Waals surface area (Å²) in [6.45, 7) is 1.75. The Hall–Kier alpha value is -3.36. The summed E-state index contributed by atoms with van der Waals surface area (Å²) in [5, 5.41) is 0. The van der Waals surface area contributed by atoms with Gasteiger partial charge < -0.3 is 14.4 Å². The molecule has 0 saturated carbocycles. The first-order valence-electron chi connectivity index (χ1n) is 11.0. The molecule has 0 unspecified atom stereocenters. The maximum atomic E-state index is 13.7. The third-order valence-corrected chi connectivity index (χ3v) is 7.77. The van der Waals surface area contributed by atoms with Gasteiger partial charge in [0.1, 0.15) is 0 Å². The highest BCUT2D eigenvalue weighted by molar-refractivity contribution is 7.89. The Morgan fingerprint density at radius 2 is 1.65 bits per heavy atom. The van der Waals surface area contributed by atoms with E-state index >= 15 is 0 Å². The van der Waals surface area contributed by atoms with Gasteiger partial charge >= 0.3 is 0 Å². The zero-order valence-electron chi connectivity index (χ0n) is 19.5. The maximum Gasteiger partial charge on any atom is 0.243 e. The summed E-state index contributed by atoms with van der Waals surface area (Å²) >= 11 is 0. The molecule has 0 aliphatic carbocycles. The topological polar surface area (TPSA) is 76.2 Å². The van der Waals surface area contributed by atoms with Crippen LogP contribution in [0.5, 0.6) is 11.5 Å². The van der Waals surface area contributed by atoms with Crippen LogP contribution in [0.4, 0.5) is 5.69 Å². The normalized spacial score (nSPS) is 15.3. The molecule has 7 nitrogen and oxygen atoms in total. The number of hydrogen-bond acceptors (Lipinski definition) is 5. The van der Waals surface area contributed by atoms with E-state index in [4.69, 9.17) is 9.47 Å². The minimum Gasteiger partial charge on any atom is -0.493 e. The maximum absolute atomic E-state index is 13.7. The van der Waals surface area contributed by atoms with Crippen molar-refractivity contribution in [3.63, 3.8) is 0 Å². The second kappa shape index (κ2) is 9.87. The van der Waals surface area contributed by atoms with Crippen LogP contribution in [0.25, 0.3) is 0 Å². The van der Waals surface area contributed by atoms with Crippen LogP contribution in [0.3, 0.4) is 0 Å². The number of ether oxygens (including phenoxy) is 2. The minimum absolute atomic E-state index is 0.0313. The fraction of sp³-hybridized carbons (Fsp3) is 0.269. The van der Waals surface area contributed by atoms with E-state index in [-0.39, 0.29) is 29.9 Å². The Morgan fingerprint density at radius 3 is 2.35 bits per heavy atom. The number of fused-ring (bicyclic) bond motifs is 1. The van der Waals surface area contributed by atoms with Crippen LogP contribution < -0.4 is 14.4 Å². The summed E-state index contributed by atoms with van der Waals surface area (Å²) in [5.74, 6) is 0.462. The molecule has 1 aliphatic rings. The zero-order valence-corrected chi connectivity index (χ0v) is 20.3. The number of sulfonamides is 1. The van der Waals surface area contributed by atoms with E-state index in [0.29, 0.717) is 11.5 Å². The van der Waals surface area contributed by atoms with Crippen molar-refractivity contribution in [3.05, 3.63) is 83.9 Å². The van der Waals surface area contributed by atoms with Crippen LogP contribution in [-0.4, -0.2) is 45.4 Å². The molecule has 0 saturated heterocycles. The molecule has 0 N–H and O–H groups in total. The number of amides is 1. The quantitative estimate of drug-likeness (QED) is 0.489. The third-order valence-electron chi connectivity index (χ3n) is 5.98. The van der Waals surface area contributed by atoms with Crippen LogP contribution >= 0.6 is 0 Å². The fourth-order valence-electron chi connectivity index (χ4n) is 4.31. The molecule has 0 aromatic heterocycles. The highest BCUT2D eigenvalue weighted by atomic mass is 32.2. The average Bonchev–Trinajstić information content (AvgIpc) is 3.19. The van der Waals surface area contributed by atoms with Crippen LogP contribution in [-0.2, 0) is 27.8 Å². The first-order valence-corrected chi connectivity index (χ1v) is 12.4. The fourth-order valence-corrected chi connectivity index (χ4v) is 5.71. The molecule has 0 fully saturated rings. The number of rotatable bonds is 8. The molecule has 1 amide bonds. The lowest BCUT2D eigenvalue weighted by molar-refractivity contribution is -0.119. The minimum atomic E-state index is -4.03. The van der Waals surface area contributed by atoms with E-state index in [1.165, 1.54) is 30.7 Å². The predicted octanol–water partition coefficient (Wildman–Crippen LogP) is 3.87. The number of anilines is 1. The molecular formula is C26H28N2O5S. The molecular weight excluding hydrogens is 452 g/mol. The zero-order chi connectivity index (χ0) is 24.3. The lowest BCUT2D eigenvalue weighted by Gasteiger charge is -2.28. The van der Waals surface area contributed by atoms with E-state index < -0.39 is 10.0 Å². The summed E-state index contributed by atoms with van der Waals surface area (Å²) in [5.41, 5.74) is 2.71. The van der Waals surface area contributed by atoms with E-state index in [1.54, 1.807) is 11.0 Å². The van der Waals surface area contributed by atoms with Gasteiger partial charge in [-0.2, -0.15) is 4.31 Å². The Balaban J connectivity index is 1.69. The van der Waals surface area contributed by atoms with Crippen LogP contribution in [0.2, 0.25) is 0 Å². The molecule has 0 radical (unpaired) electrons. The molecule has 3 aromatic rings. The number of hydrogen-bond donors (Lipinski definition) is 0. The van der Waals surface area contributed by atoms with Gasteiger partial charge in [-0.15, -0.1) is 0 Å². The van der Waals surface area contributed by atoms with Gasteiger partial charge in [-0.1, -0.05) is 48.5 Å². The summed E-state index contributed by atoms with van der Waals surface area (Å²) < 4.78 is 39.2. The summed E-state index contributed by atoms with van der Waals surface area (Å²) in [6.07, 6.45) is 0.739. The SMILES string of the molecule is COc1ccc(S(=O)(=O)N(CC(=O)N2c3ccccc3C[C@H]2C)Cc2ccccc2)cc1OC. The van der Waals surface area contributed by atoms with Crippen LogP contribution in [0.1, 0.15) is 18.1 Å². The van der Waals surface area contributed by atoms with Crippen molar-refractivity contribution in [2.75, 3.05) is 25.7 Å². The number of carbonyl (C=O) groups excluding carboxylic acids is 1. The number of benzene rings is 3. The van der Waals surface area contributed by atoms with Gasteiger partial charge in [0.25, 0.3) is 0 Å². The lowest BCUT2D eigenvalue weighted by atomic mass is 10.1. The third kappa shape index (κ3) is 4.64. The van der Waals surface area contributed by atoms with Crippen LogP contribution in [0.15, 0.2) is 77.7 Å². The highest BCUT2D eigenvalue weighted by Crippen LogP contribution is 2.33. The van der Waals surface area contributed by atoms with Gasteiger partial charge in [-0.3, -0.25) is 4.79 Å². The number of para-hydroxylation sites is 1. The molecule has 8 heteroatoms. The van der Waals surface area contributed by atoms with E-state index in [1.807, 2.05) is 61.5 Å². The Labute approximate surface area is 200 Å². The molecule has 1 heterocycles. The highest BCUT2D eigenvalue weighted by Gasteiger charge is 2.34. The Bertz CT molecular complexity index is 1280. The second-order valence-corrected chi connectivity index (χ2v) is 10.2. The van der Waals surface area contributed by atoms with Gasteiger partial charge in [-0.25, -0.2) is 8.42 Å². The molecule has 3 aromatic carbocycles. The van der Waals surface area contributed by atoms with Crippen molar-refractivity contribution >= 4 is 21.6 Å². The Kier molecular flexibility index (Phi) is 6.90. The smallest absolute Gasteiger partial charge is 0.243 e. The second-order valence-electron chi connectivity index (χ2n) is 8.22. The van der Waals surface area contributed by atoms with Crippen molar-refractivity contribution in [3.8, 4) is 11.5 Å². The summed E-state index contributed by atoms with van der Waals surface area (Å²) in [6, 6.07) is 21.4. The van der Waals surface area contributed by atoms with Gasteiger partial charge in [0.05, 0.1) is 25.7 Å².